The molecule has 0 aromatic rings. The molecular weight excluding hydrogens is 144 g/mol. The fraction of sp³-hybridized carbons (Fsp3) is 0. The van der Waals surface area contributed by atoms with Crippen molar-refractivity contribution in [1.29, 1.82) is 10.7 Å². The number of hydrogen-bond donors (Lipinski definition) is 1. The molecule has 0 aliphatic carbocycles. The maximum absolute atomic E-state index is 7.82. The lowest BCUT2D eigenvalue weighted by Crippen LogP contribution is -1.54. The van der Waals surface area contributed by atoms with E-state index >= 15 is 0 Å². The van der Waals surface area contributed by atoms with Crippen molar-refractivity contribution in [2.24, 2.45) is 0 Å². The minimum absolute atomic E-state index is 0.127. The Kier molecular flexibility index (Phi) is 2.39. The van der Waals surface area contributed by atoms with E-state index in [1.54, 1.807) is 6.07 Å². The van der Waals surface area contributed by atoms with E-state index in [9.17, 15) is 0 Å². The number of hydrogen-bond acceptors (Lipinski definition) is 2. The van der Waals surface area contributed by atoms with E-state index in [0.717, 1.165) is 0 Å². The quantitative estimate of drug-likeness (QED) is 0.401. The van der Waals surface area contributed by atoms with Crippen LogP contribution in [0.2, 0.25) is 0 Å². The van der Waals surface area contributed by atoms with E-state index in [1.165, 1.54) is 0 Å². The fourth-order valence-corrected chi connectivity index (χ4v) is 0.0280. The molecule has 30 valence electrons. The molecule has 0 fully saturated rings. The molecule has 0 amide bonds. The van der Waals surface area contributed by atoms with Crippen LogP contribution in [0, 0.1) is 16.7 Å². The number of nitriles is 1. The molecule has 0 saturated heterocycles. The van der Waals surface area contributed by atoms with Crippen LogP contribution in [-0.4, -0.2) is 5.87 Å². The molecule has 0 rings (SSSR count). The molecule has 0 aliphatic rings. The van der Waals surface area contributed by atoms with Crippen LogP contribution >= 0.6 is 15.9 Å². The Bertz CT molecular complexity index is 126. The van der Waals surface area contributed by atoms with E-state index in [-0.39, 0.29) is 4.48 Å². The lowest BCUT2D eigenvalue weighted by atomic mass is 10.7. The standard InChI is InChI=1S/C3HBrN2/c4-3(1-5)2-6/h5H. The van der Waals surface area contributed by atoms with Gasteiger partial charge in [-0.3, -0.25) is 5.41 Å². The molecular formula is C3HBrN2. The summed E-state index contributed by atoms with van der Waals surface area (Å²) in [6.07, 6.45) is 0. The molecule has 0 heterocycles. The molecule has 2 nitrogen and oxygen atoms in total. The van der Waals surface area contributed by atoms with E-state index in [1.807, 2.05) is 5.87 Å². The van der Waals surface area contributed by atoms with Crippen molar-refractivity contribution >= 4 is 21.8 Å². The van der Waals surface area contributed by atoms with Crippen LogP contribution in [0.25, 0.3) is 0 Å². The van der Waals surface area contributed by atoms with Crippen LogP contribution in [0.15, 0.2) is 4.48 Å². The van der Waals surface area contributed by atoms with Gasteiger partial charge in [-0.15, -0.1) is 0 Å². The summed E-state index contributed by atoms with van der Waals surface area (Å²) in [5, 5.41) is 14.1. The first kappa shape index (κ1) is 5.42. The summed E-state index contributed by atoms with van der Waals surface area (Å²) in [4.78, 5) is 0. The molecule has 0 atom stereocenters. The first-order chi connectivity index (χ1) is 2.81. The van der Waals surface area contributed by atoms with Crippen LogP contribution < -0.4 is 0 Å². The number of rotatable bonds is 0. The second-order valence-corrected chi connectivity index (χ2v) is 1.34. The molecule has 0 aromatic carbocycles. The molecule has 3 heteroatoms. The van der Waals surface area contributed by atoms with Crippen LogP contribution in [-0.2, 0) is 0 Å². The Morgan fingerprint density at radius 3 is 2.33 bits per heavy atom. The van der Waals surface area contributed by atoms with Crippen LogP contribution in [0.5, 0.6) is 0 Å². The van der Waals surface area contributed by atoms with E-state index in [4.69, 9.17) is 10.7 Å². The smallest absolute Gasteiger partial charge is 0.155 e. The van der Waals surface area contributed by atoms with Gasteiger partial charge in [0.05, 0.1) is 0 Å². The van der Waals surface area contributed by atoms with Crippen LogP contribution in [0.1, 0.15) is 0 Å². The number of nitrogens with one attached hydrogen (secondary N) is 1. The minimum Gasteiger partial charge on any atom is -0.257 e. The van der Waals surface area contributed by atoms with Crippen molar-refractivity contribution in [2.45, 2.75) is 0 Å². The van der Waals surface area contributed by atoms with E-state index in [0.29, 0.717) is 0 Å². The Balaban J connectivity index is 3.99. The topological polar surface area (TPSA) is 47.6 Å². The summed E-state index contributed by atoms with van der Waals surface area (Å²) in [6, 6.07) is 1.65. The molecule has 0 saturated carbocycles. The fourth-order valence-electron chi connectivity index (χ4n) is 0.0280. The van der Waals surface area contributed by atoms with E-state index in [2.05, 4.69) is 15.9 Å². The molecule has 0 bridgehead atoms. The summed E-state index contributed by atoms with van der Waals surface area (Å²) < 4.78 is 0.127. The Hall–Kier alpha value is -0.580. The van der Waals surface area contributed by atoms with Gasteiger partial charge >= 0.3 is 0 Å². The van der Waals surface area contributed by atoms with Gasteiger partial charge in [0.1, 0.15) is 6.07 Å². The molecule has 6 heavy (non-hydrogen) atoms. The summed E-state index contributed by atoms with van der Waals surface area (Å²) in [6.45, 7) is 0. The number of allylic oxidation sites excluding steroid dienone is 1. The average Bonchev–Trinajstić information content (AvgIpc) is 1.65. The largest absolute Gasteiger partial charge is 0.257 e. The maximum Gasteiger partial charge on any atom is 0.155 e. The van der Waals surface area contributed by atoms with Crippen LogP contribution in [0.4, 0.5) is 0 Å². The van der Waals surface area contributed by atoms with Crippen molar-refractivity contribution < 1.29 is 0 Å². The van der Waals surface area contributed by atoms with Crippen molar-refractivity contribution in [3.8, 4) is 6.07 Å². The second-order valence-electron chi connectivity index (χ2n) is 0.551. The molecule has 0 aromatic heterocycles. The minimum atomic E-state index is 0.127. The normalized spacial score (nSPS) is 5.33. The average molecular weight is 145 g/mol. The predicted octanol–water partition coefficient (Wildman–Crippen LogP) is 1.04. The summed E-state index contributed by atoms with van der Waals surface area (Å²) in [7, 11) is 0. The highest BCUT2D eigenvalue weighted by Gasteiger charge is 1.75. The van der Waals surface area contributed by atoms with Crippen molar-refractivity contribution in [2.75, 3.05) is 0 Å². The van der Waals surface area contributed by atoms with Gasteiger partial charge < -0.3 is 0 Å². The number of nitrogens with zero attached hydrogens (tertiary/aromatic N) is 1. The van der Waals surface area contributed by atoms with Crippen molar-refractivity contribution in [3.63, 3.8) is 0 Å². The van der Waals surface area contributed by atoms with Crippen molar-refractivity contribution in [1.82, 2.24) is 0 Å². The SMILES string of the molecule is N#CC(Br)=C=N. The molecule has 0 radical (unpaired) electrons. The monoisotopic (exact) mass is 144 g/mol. The summed E-state index contributed by atoms with van der Waals surface area (Å²) >= 11 is 2.73. The Labute approximate surface area is 43.7 Å². The van der Waals surface area contributed by atoms with Gasteiger partial charge in [0.15, 0.2) is 4.48 Å². The zero-order chi connectivity index (χ0) is 4.99. The molecule has 0 aliphatic heterocycles. The first-order valence-electron chi connectivity index (χ1n) is 1.16. The Morgan fingerprint density at radius 2 is 2.33 bits per heavy atom. The molecule has 0 unspecified atom stereocenters. The zero-order valence-electron chi connectivity index (χ0n) is 2.83. The van der Waals surface area contributed by atoms with Gasteiger partial charge in [0.2, 0.25) is 0 Å². The van der Waals surface area contributed by atoms with Crippen molar-refractivity contribution in [3.05, 3.63) is 4.48 Å². The summed E-state index contributed by atoms with van der Waals surface area (Å²) in [5.74, 6) is 1.84. The van der Waals surface area contributed by atoms with E-state index < -0.39 is 0 Å². The van der Waals surface area contributed by atoms with Gasteiger partial charge in [0.25, 0.3) is 0 Å². The lowest BCUT2D eigenvalue weighted by Gasteiger charge is -1.58. The van der Waals surface area contributed by atoms with Gasteiger partial charge in [0, 0.05) is 5.87 Å². The highest BCUT2D eigenvalue weighted by atomic mass is 79.9. The maximum atomic E-state index is 7.82. The van der Waals surface area contributed by atoms with Gasteiger partial charge in [-0.05, 0) is 15.9 Å². The lowest BCUT2D eigenvalue weighted by molar-refractivity contribution is 1.53. The third kappa shape index (κ3) is 1.71. The van der Waals surface area contributed by atoms with Gasteiger partial charge in [-0.25, -0.2) is 0 Å². The van der Waals surface area contributed by atoms with Gasteiger partial charge in [-0.1, -0.05) is 0 Å². The zero-order valence-corrected chi connectivity index (χ0v) is 4.41. The molecule has 0 spiro atoms. The van der Waals surface area contributed by atoms with Crippen LogP contribution in [0.3, 0.4) is 0 Å². The first-order valence-corrected chi connectivity index (χ1v) is 1.96. The second kappa shape index (κ2) is 2.65. The number of halogens is 1. The molecule has 1 N–H and O–H groups in total. The Morgan fingerprint density at radius 1 is 1.83 bits per heavy atom. The summed E-state index contributed by atoms with van der Waals surface area (Å²) in [5.41, 5.74) is 0. The predicted molar refractivity (Wildman–Crippen MR) is 25.8 cm³/mol. The highest BCUT2D eigenvalue weighted by Crippen LogP contribution is 1.92. The third-order valence-corrected chi connectivity index (χ3v) is 0.583. The third-order valence-electron chi connectivity index (χ3n) is 0.208. The van der Waals surface area contributed by atoms with Gasteiger partial charge in [-0.2, -0.15) is 5.26 Å². The highest BCUT2D eigenvalue weighted by molar-refractivity contribution is 9.12.